The van der Waals surface area contributed by atoms with Crippen LogP contribution in [0.25, 0.3) is 0 Å². The molecule has 1 aliphatic rings. The van der Waals surface area contributed by atoms with Gasteiger partial charge < -0.3 is 9.74 Å². The fourth-order valence-electron chi connectivity index (χ4n) is 2.54. The summed E-state index contributed by atoms with van der Waals surface area (Å²) in [5.41, 5.74) is 2.58. The van der Waals surface area contributed by atoms with Gasteiger partial charge in [0.05, 0.1) is 30.9 Å². The highest BCUT2D eigenvalue weighted by Gasteiger charge is 2.29. The summed E-state index contributed by atoms with van der Waals surface area (Å²) in [5.74, 6) is -0.0242. The number of carbonyl (C=O) groups is 1. The first-order valence-electron chi connectivity index (χ1n) is 7.14. The van der Waals surface area contributed by atoms with E-state index in [0.29, 0.717) is 17.5 Å². The number of nitrogens with zero attached hydrogens (tertiary/aromatic N) is 1. The third kappa shape index (κ3) is 3.45. The maximum Gasteiger partial charge on any atom is 0.365 e. The molecule has 0 saturated carbocycles. The number of quaternary nitrogens is 1. The van der Waals surface area contributed by atoms with Gasteiger partial charge in [-0.25, -0.2) is 4.79 Å². The Balaban J connectivity index is 2.03. The fraction of sp³-hybridized carbons (Fsp3) is 0.500. The minimum absolute atomic E-state index is 0.358. The summed E-state index contributed by atoms with van der Waals surface area (Å²) in [4.78, 5) is 18.6. The van der Waals surface area contributed by atoms with Gasteiger partial charge in [0.15, 0.2) is 0 Å². The summed E-state index contributed by atoms with van der Waals surface area (Å²) in [6, 6.07) is 7.88. The Morgan fingerprint density at radius 2 is 2.15 bits per heavy atom. The first-order valence-corrected chi connectivity index (χ1v) is 7.14. The van der Waals surface area contributed by atoms with Crippen LogP contribution in [0.5, 0.6) is 0 Å². The van der Waals surface area contributed by atoms with E-state index in [1.54, 1.807) is 6.07 Å². The van der Waals surface area contributed by atoms with Crippen LogP contribution in [0.4, 0.5) is 0 Å². The summed E-state index contributed by atoms with van der Waals surface area (Å²) in [6.45, 7) is 7.31. The van der Waals surface area contributed by atoms with Crippen molar-refractivity contribution in [1.29, 1.82) is 0 Å². The lowest BCUT2D eigenvalue weighted by molar-refractivity contribution is -0.908. The first kappa shape index (κ1) is 14.7. The third-order valence-corrected chi connectivity index (χ3v) is 4.05. The number of likely N-dealkylation sites (tertiary alicyclic amines) is 1. The van der Waals surface area contributed by atoms with Gasteiger partial charge in [0.25, 0.3) is 0 Å². The minimum Gasteiger partial charge on any atom is -0.334 e. The lowest BCUT2D eigenvalue weighted by atomic mass is 9.93. The largest absolute Gasteiger partial charge is 0.365 e. The molecule has 0 amide bonds. The van der Waals surface area contributed by atoms with Gasteiger partial charge in [-0.15, -0.1) is 0 Å². The normalized spacial score (nSPS) is 28.4. The van der Waals surface area contributed by atoms with Crippen LogP contribution in [0.15, 0.2) is 29.4 Å². The van der Waals surface area contributed by atoms with Crippen LogP contribution in [-0.4, -0.2) is 31.3 Å². The molecule has 1 aromatic carbocycles. The van der Waals surface area contributed by atoms with Crippen LogP contribution in [0.2, 0.25) is 0 Å². The molecule has 1 heterocycles. The number of benzene rings is 1. The number of rotatable bonds is 2. The van der Waals surface area contributed by atoms with E-state index >= 15 is 0 Å². The Labute approximate surface area is 120 Å². The van der Waals surface area contributed by atoms with E-state index in [9.17, 15) is 4.79 Å². The monoisotopic (exact) mass is 275 g/mol. The molecule has 4 nitrogen and oxygen atoms in total. The minimum atomic E-state index is -0.382. The average Bonchev–Trinajstić information content (AvgIpc) is 2.41. The van der Waals surface area contributed by atoms with Crippen molar-refractivity contribution in [3.05, 3.63) is 35.4 Å². The second kappa shape index (κ2) is 6.18. The average molecular weight is 275 g/mol. The molecule has 0 spiro atoms. The number of piperidine rings is 1. The molecule has 20 heavy (non-hydrogen) atoms. The van der Waals surface area contributed by atoms with Crippen LogP contribution >= 0.6 is 0 Å². The van der Waals surface area contributed by atoms with Gasteiger partial charge in [0.1, 0.15) is 0 Å². The van der Waals surface area contributed by atoms with Crippen molar-refractivity contribution in [3.63, 3.8) is 0 Å². The molecule has 0 radical (unpaired) electrons. The van der Waals surface area contributed by atoms with Gasteiger partial charge in [-0.3, -0.25) is 0 Å². The first-order chi connectivity index (χ1) is 9.47. The van der Waals surface area contributed by atoms with Gasteiger partial charge in [0, 0.05) is 12.3 Å². The molecule has 2 rings (SSSR count). The van der Waals surface area contributed by atoms with Crippen molar-refractivity contribution in [1.82, 2.24) is 0 Å². The number of aryl methyl sites for hydroxylation is 1. The van der Waals surface area contributed by atoms with E-state index in [1.807, 2.05) is 25.1 Å². The molecule has 1 aromatic rings. The van der Waals surface area contributed by atoms with Crippen molar-refractivity contribution in [2.75, 3.05) is 13.6 Å². The predicted molar refractivity (Wildman–Crippen MR) is 79.0 cm³/mol. The maximum absolute atomic E-state index is 12.0. The molecule has 3 atom stereocenters. The van der Waals surface area contributed by atoms with E-state index in [0.717, 1.165) is 24.2 Å². The van der Waals surface area contributed by atoms with Crippen molar-refractivity contribution in [2.45, 2.75) is 33.2 Å². The van der Waals surface area contributed by atoms with Crippen LogP contribution < -0.4 is 4.90 Å². The van der Waals surface area contributed by atoms with Crippen LogP contribution in [0.1, 0.15) is 36.2 Å². The van der Waals surface area contributed by atoms with E-state index in [-0.39, 0.29) is 5.97 Å². The molecular weight excluding hydrogens is 252 g/mol. The lowest BCUT2D eigenvalue weighted by Gasteiger charge is -2.31. The SMILES string of the molecule is Cc1cccc(C(=O)O/N=C2\C[C@@H](C)[NH+](C)C[C@H]2C)c1. The Morgan fingerprint density at radius 3 is 2.85 bits per heavy atom. The lowest BCUT2D eigenvalue weighted by Crippen LogP contribution is -3.14. The van der Waals surface area contributed by atoms with Gasteiger partial charge in [-0.1, -0.05) is 29.8 Å². The summed E-state index contributed by atoms with van der Waals surface area (Å²) >= 11 is 0. The molecule has 0 aromatic heterocycles. The number of hydrogen-bond acceptors (Lipinski definition) is 3. The van der Waals surface area contributed by atoms with Crippen LogP contribution in [-0.2, 0) is 4.84 Å². The van der Waals surface area contributed by atoms with Crippen molar-refractivity contribution < 1.29 is 14.5 Å². The van der Waals surface area contributed by atoms with E-state index in [2.05, 4.69) is 26.1 Å². The maximum atomic E-state index is 12.0. The van der Waals surface area contributed by atoms with Crippen LogP contribution in [0.3, 0.4) is 0 Å². The topological polar surface area (TPSA) is 43.1 Å². The Morgan fingerprint density at radius 1 is 1.40 bits per heavy atom. The molecule has 108 valence electrons. The summed E-state index contributed by atoms with van der Waals surface area (Å²) in [7, 11) is 2.19. The quantitative estimate of drug-likeness (QED) is 0.656. The molecule has 0 aliphatic carbocycles. The van der Waals surface area contributed by atoms with Gasteiger partial charge in [-0.2, -0.15) is 0 Å². The number of oxime groups is 1. The zero-order valence-corrected chi connectivity index (χ0v) is 12.6. The molecule has 1 N–H and O–H groups in total. The van der Waals surface area contributed by atoms with Gasteiger partial charge in [0.2, 0.25) is 0 Å². The Kier molecular flexibility index (Phi) is 4.55. The smallest absolute Gasteiger partial charge is 0.334 e. The summed E-state index contributed by atoms with van der Waals surface area (Å²) in [6.07, 6.45) is 0.883. The van der Waals surface area contributed by atoms with E-state index in [4.69, 9.17) is 4.84 Å². The molecule has 4 heteroatoms. The van der Waals surface area contributed by atoms with E-state index < -0.39 is 0 Å². The zero-order chi connectivity index (χ0) is 14.7. The predicted octanol–water partition coefficient (Wildman–Crippen LogP) is 1.45. The highest BCUT2D eigenvalue weighted by atomic mass is 16.7. The fourth-order valence-corrected chi connectivity index (χ4v) is 2.54. The Bertz CT molecular complexity index is 525. The highest BCUT2D eigenvalue weighted by molar-refractivity contribution is 5.91. The molecular formula is C16H23N2O2+. The van der Waals surface area contributed by atoms with Crippen molar-refractivity contribution in [2.24, 2.45) is 11.1 Å². The highest BCUT2D eigenvalue weighted by Crippen LogP contribution is 2.10. The number of hydrogen-bond donors (Lipinski definition) is 1. The molecule has 1 unspecified atom stereocenters. The number of nitrogens with one attached hydrogen (secondary N) is 1. The summed E-state index contributed by atoms with van der Waals surface area (Å²) < 4.78 is 0. The zero-order valence-electron chi connectivity index (χ0n) is 12.6. The van der Waals surface area contributed by atoms with Crippen LogP contribution in [0, 0.1) is 12.8 Å². The van der Waals surface area contributed by atoms with E-state index in [1.165, 1.54) is 4.90 Å². The van der Waals surface area contributed by atoms with Crippen molar-refractivity contribution >= 4 is 11.7 Å². The van der Waals surface area contributed by atoms with Gasteiger partial charge >= 0.3 is 5.97 Å². The Hall–Kier alpha value is -1.68. The third-order valence-electron chi connectivity index (χ3n) is 4.05. The standard InChI is InChI=1S/C16H22N2O2/c1-11-6-5-7-14(8-11)16(19)20-17-15-9-13(3)18(4)10-12(15)2/h5-8,12-13H,9-10H2,1-4H3/p+1/b17-15+/t12-,13-/m1/s1. The van der Waals surface area contributed by atoms with Gasteiger partial charge in [-0.05, 0) is 26.0 Å². The van der Waals surface area contributed by atoms with Crippen molar-refractivity contribution in [3.8, 4) is 0 Å². The number of carbonyl (C=O) groups excluding carboxylic acids is 1. The molecule has 0 bridgehead atoms. The summed E-state index contributed by atoms with van der Waals surface area (Å²) in [5, 5.41) is 4.11. The molecule has 1 saturated heterocycles. The molecule has 1 aliphatic heterocycles. The molecule has 1 fully saturated rings. The second-order valence-corrected chi connectivity index (χ2v) is 5.89. The second-order valence-electron chi connectivity index (χ2n) is 5.89.